The molecule has 0 bridgehead atoms. The van der Waals surface area contributed by atoms with Crippen LogP contribution in [0.2, 0.25) is 0 Å². The molecule has 0 aromatic heterocycles. The first-order valence-electron chi connectivity index (χ1n) is 6.25. The molecule has 1 aromatic carbocycles. The van der Waals surface area contributed by atoms with Crippen molar-refractivity contribution in [1.82, 2.24) is 0 Å². The predicted octanol–water partition coefficient (Wildman–Crippen LogP) is 2.91. The summed E-state index contributed by atoms with van der Waals surface area (Å²) in [6, 6.07) is 7.59. The molecule has 0 atom stereocenters. The van der Waals surface area contributed by atoms with Crippen LogP contribution in [0.1, 0.15) is 24.8 Å². The van der Waals surface area contributed by atoms with Crippen molar-refractivity contribution in [1.29, 1.82) is 0 Å². The summed E-state index contributed by atoms with van der Waals surface area (Å²) in [5, 5.41) is 0.517. The van der Waals surface area contributed by atoms with E-state index in [-0.39, 0.29) is 0 Å². The number of ether oxygens (including phenoxy) is 1. The molecule has 1 saturated heterocycles. The summed E-state index contributed by atoms with van der Waals surface area (Å²) in [5.74, 6) is 0.822. The van der Waals surface area contributed by atoms with Crippen molar-refractivity contribution >= 4 is 23.1 Å². The van der Waals surface area contributed by atoms with Crippen LogP contribution in [0.3, 0.4) is 0 Å². The van der Waals surface area contributed by atoms with Crippen molar-refractivity contribution in [2.75, 3.05) is 20.2 Å². The summed E-state index contributed by atoms with van der Waals surface area (Å²) >= 11 is 6.17. The molecule has 1 heterocycles. The molecule has 1 aliphatic heterocycles. The molecule has 0 saturated carbocycles. The average Bonchev–Trinajstić information content (AvgIpc) is 2.46. The number of rotatable bonds is 3. The topological polar surface area (TPSA) is 24.6 Å². The summed E-state index contributed by atoms with van der Waals surface area (Å²) in [6.07, 6.45) is 5.66. The zero-order valence-electron chi connectivity index (χ0n) is 10.6. The summed E-state index contributed by atoms with van der Waals surface area (Å²) in [7, 11) is 1.65. The van der Waals surface area contributed by atoms with Gasteiger partial charge in [-0.2, -0.15) is 0 Å². The highest BCUT2D eigenvalue weighted by Crippen LogP contribution is 2.13. The lowest BCUT2D eigenvalue weighted by molar-refractivity contribution is -0.533. The highest BCUT2D eigenvalue weighted by Gasteiger charge is 2.09. The van der Waals surface area contributed by atoms with Gasteiger partial charge in [-0.3, -0.25) is 4.58 Å². The maximum Gasteiger partial charge on any atom is 0.283 e. The molecular weight excluding hydrogens is 248 g/mol. The third-order valence-corrected chi connectivity index (χ3v) is 3.37. The van der Waals surface area contributed by atoms with Crippen LogP contribution in [-0.4, -0.2) is 36.3 Å². The van der Waals surface area contributed by atoms with Crippen molar-refractivity contribution in [2.24, 2.45) is 4.99 Å². The number of aliphatic imine (C=N–C) groups is 1. The Morgan fingerprint density at radius 1 is 1.22 bits per heavy atom. The minimum absolute atomic E-state index is 0.517. The first-order chi connectivity index (χ1) is 8.79. The number of nitrogens with zero attached hydrogens (tertiary/aromatic N) is 2. The van der Waals surface area contributed by atoms with Crippen LogP contribution in [0.4, 0.5) is 0 Å². The van der Waals surface area contributed by atoms with Gasteiger partial charge >= 0.3 is 0 Å². The number of hydrogen-bond donors (Lipinski definition) is 0. The minimum Gasteiger partial charge on any atom is -0.497 e. The quantitative estimate of drug-likeness (QED) is 0.469. The minimum atomic E-state index is 0.517. The second kappa shape index (κ2) is 6.55. The average molecular weight is 266 g/mol. The van der Waals surface area contributed by atoms with Crippen LogP contribution < -0.4 is 4.74 Å². The number of hydrogen-bond acceptors (Lipinski definition) is 1. The van der Waals surface area contributed by atoms with Gasteiger partial charge in [-0.05, 0) is 60.1 Å². The third kappa shape index (κ3) is 3.57. The second-order valence-electron chi connectivity index (χ2n) is 4.36. The van der Waals surface area contributed by atoms with E-state index in [2.05, 4.69) is 9.57 Å². The Bertz CT molecular complexity index is 443. The van der Waals surface area contributed by atoms with Crippen molar-refractivity contribution in [3.8, 4) is 5.75 Å². The summed E-state index contributed by atoms with van der Waals surface area (Å²) in [6.45, 7) is 2.16. The molecule has 96 valence electrons. The molecule has 0 radical (unpaired) electrons. The first-order valence-corrected chi connectivity index (χ1v) is 6.62. The Labute approximate surface area is 113 Å². The van der Waals surface area contributed by atoms with E-state index in [4.69, 9.17) is 16.3 Å². The first kappa shape index (κ1) is 13.1. The van der Waals surface area contributed by atoms with Crippen LogP contribution in [0.5, 0.6) is 5.75 Å². The van der Waals surface area contributed by atoms with Gasteiger partial charge in [0.05, 0.1) is 20.2 Å². The van der Waals surface area contributed by atoms with Gasteiger partial charge in [0.1, 0.15) is 5.75 Å². The standard InChI is InChI=1S/C14H18ClN2O/c1-18-13-7-5-12(6-8-13)14(15)16-11-17-9-3-2-4-10-17/h5-8,11H,2-4,9-10H2,1H3/q+1. The fourth-order valence-corrected chi connectivity index (χ4v) is 2.14. The molecule has 0 aliphatic carbocycles. The summed E-state index contributed by atoms with van der Waals surface area (Å²) in [4.78, 5) is 4.32. The molecule has 1 aliphatic rings. The van der Waals surface area contributed by atoms with Crippen molar-refractivity contribution in [3.63, 3.8) is 0 Å². The summed E-state index contributed by atoms with van der Waals surface area (Å²) in [5.41, 5.74) is 0.908. The highest BCUT2D eigenvalue weighted by atomic mass is 35.5. The monoisotopic (exact) mass is 265 g/mol. The van der Waals surface area contributed by atoms with Crippen LogP contribution in [0, 0.1) is 0 Å². The maximum absolute atomic E-state index is 6.17. The normalized spacial score (nSPS) is 16.6. The van der Waals surface area contributed by atoms with E-state index in [1.54, 1.807) is 7.11 Å². The number of piperidine rings is 1. The zero-order chi connectivity index (χ0) is 12.8. The fourth-order valence-electron chi connectivity index (χ4n) is 1.97. The Morgan fingerprint density at radius 2 is 1.89 bits per heavy atom. The predicted molar refractivity (Wildman–Crippen MR) is 75.3 cm³/mol. The molecule has 4 heteroatoms. The second-order valence-corrected chi connectivity index (χ2v) is 4.72. The molecule has 3 nitrogen and oxygen atoms in total. The maximum atomic E-state index is 6.17. The van der Waals surface area contributed by atoms with Gasteiger partial charge in [0.25, 0.3) is 6.34 Å². The van der Waals surface area contributed by atoms with Gasteiger partial charge in [0.15, 0.2) is 0 Å². The molecular formula is C14H18ClN2O+. The highest BCUT2D eigenvalue weighted by molar-refractivity contribution is 6.70. The van der Waals surface area contributed by atoms with E-state index in [9.17, 15) is 0 Å². The Balaban J connectivity index is 2.06. The van der Waals surface area contributed by atoms with Crippen molar-refractivity contribution in [2.45, 2.75) is 19.3 Å². The summed E-state index contributed by atoms with van der Waals surface area (Å²) < 4.78 is 7.32. The van der Waals surface area contributed by atoms with E-state index in [1.807, 2.05) is 30.6 Å². The molecule has 1 fully saturated rings. The van der Waals surface area contributed by atoms with Gasteiger partial charge in [-0.1, -0.05) is 0 Å². The molecule has 0 unspecified atom stereocenters. The van der Waals surface area contributed by atoms with E-state index in [1.165, 1.54) is 19.3 Å². The largest absolute Gasteiger partial charge is 0.497 e. The Hall–Kier alpha value is -1.35. The van der Waals surface area contributed by atoms with Crippen LogP contribution in [0.15, 0.2) is 29.3 Å². The SMILES string of the molecule is COc1ccc(C(Cl)=NC=[N+]2CCCCC2)cc1. The third-order valence-electron chi connectivity index (χ3n) is 3.05. The molecule has 18 heavy (non-hydrogen) atoms. The number of methoxy groups -OCH3 is 1. The lowest BCUT2D eigenvalue weighted by atomic mass is 10.2. The zero-order valence-corrected chi connectivity index (χ0v) is 11.4. The number of halogens is 1. The van der Waals surface area contributed by atoms with E-state index in [0.717, 1.165) is 24.4 Å². The van der Waals surface area contributed by atoms with Gasteiger partial charge in [0.2, 0.25) is 5.17 Å². The molecule has 2 rings (SSSR count). The van der Waals surface area contributed by atoms with E-state index >= 15 is 0 Å². The van der Waals surface area contributed by atoms with Gasteiger partial charge in [0, 0.05) is 5.56 Å². The lowest BCUT2D eigenvalue weighted by Crippen LogP contribution is -2.20. The van der Waals surface area contributed by atoms with E-state index < -0.39 is 0 Å². The Morgan fingerprint density at radius 3 is 2.50 bits per heavy atom. The van der Waals surface area contributed by atoms with Gasteiger partial charge in [-0.15, -0.1) is 0 Å². The fraction of sp³-hybridized carbons (Fsp3) is 0.429. The van der Waals surface area contributed by atoms with Crippen LogP contribution in [-0.2, 0) is 0 Å². The lowest BCUT2D eigenvalue weighted by Gasteiger charge is -2.10. The molecule has 1 aromatic rings. The number of benzene rings is 1. The smallest absolute Gasteiger partial charge is 0.283 e. The van der Waals surface area contributed by atoms with E-state index in [0.29, 0.717) is 5.17 Å². The molecule has 0 spiro atoms. The van der Waals surface area contributed by atoms with Crippen LogP contribution in [0.25, 0.3) is 0 Å². The van der Waals surface area contributed by atoms with Crippen molar-refractivity contribution in [3.05, 3.63) is 29.8 Å². The van der Waals surface area contributed by atoms with Gasteiger partial charge < -0.3 is 4.74 Å². The van der Waals surface area contributed by atoms with Crippen molar-refractivity contribution < 1.29 is 9.31 Å². The Kier molecular flexibility index (Phi) is 4.76. The molecule has 0 N–H and O–H groups in total. The molecule has 0 amide bonds. The van der Waals surface area contributed by atoms with Gasteiger partial charge in [-0.25, -0.2) is 0 Å². The van der Waals surface area contributed by atoms with Crippen LogP contribution >= 0.6 is 11.6 Å².